The minimum Gasteiger partial charge on any atom is -0.342 e. The van der Waals surface area contributed by atoms with Crippen molar-refractivity contribution in [3.63, 3.8) is 0 Å². The van der Waals surface area contributed by atoms with E-state index in [-0.39, 0.29) is 17.7 Å². The molecule has 2 heterocycles. The first-order valence-electron chi connectivity index (χ1n) is 9.23. The number of nitrogens with zero attached hydrogens (tertiary/aromatic N) is 2. The summed E-state index contributed by atoms with van der Waals surface area (Å²) in [4.78, 5) is 42.1. The molecule has 0 N–H and O–H groups in total. The van der Waals surface area contributed by atoms with Gasteiger partial charge in [0.05, 0.1) is 0 Å². The van der Waals surface area contributed by atoms with Crippen molar-refractivity contribution in [2.75, 3.05) is 20.1 Å². The molecule has 3 aliphatic rings. The van der Waals surface area contributed by atoms with Crippen LogP contribution in [-0.4, -0.2) is 47.7 Å². The summed E-state index contributed by atoms with van der Waals surface area (Å²) >= 11 is 0. The molecule has 1 saturated carbocycles. The number of amides is 3. The second-order valence-electron chi connectivity index (χ2n) is 9.09. The van der Waals surface area contributed by atoms with Gasteiger partial charge in [-0.2, -0.15) is 0 Å². The van der Waals surface area contributed by atoms with Gasteiger partial charge in [0.2, 0.25) is 17.7 Å². The van der Waals surface area contributed by atoms with Crippen LogP contribution in [0.1, 0.15) is 65.7 Å². The number of likely N-dealkylation sites (tertiary alicyclic amines) is 2. The summed E-state index contributed by atoms with van der Waals surface area (Å²) < 4.78 is 0. The standard InChI is InChI=1S/C19H30N2O3/c1-17-11-18(2,15(23)20(4)14(17)22)13-19(3,12-17)16(24)21-9-7-5-6-8-10-21/h5-13H2,1-4H3. The highest BCUT2D eigenvalue weighted by Crippen LogP contribution is 2.58. The molecule has 24 heavy (non-hydrogen) atoms. The molecule has 0 aromatic heterocycles. The number of hydrogen-bond donors (Lipinski definition) is 0. The highest BCUT2D eigenvalue weighted by molar-refractivity contribution is 6.04. The van der Waals surface area contributed by atoms with Gasteiger partial charge in [0.15, 0.2) is 0 Å². The van der Waals surface area contributed by atoms with E-state index in [0.29, 0.717) is 19.3 Å². The maximum atomic E-state index is 13.3. The van der Waals surface area contributed by atoms with Gasteiger partial charge in [-0.15, -0.1) is 0 Å². The summed E-state index contributed by atoms with van der Waals surface area (Å²) in [5.41, 5.74) is -1.86. The van der Waals surface area contributed by atoms with Gasteiger partial charge in [-0.1, -0.05) is 33.6 Å². The zero-order chi connectivity index (χ0) is 17.8. The van der Waals surface area contributed by atoms with E-state index >= 15 is 0 Å². The number of hydrogen-bond acceptors (Lipinski definition) is 3. The van der Waals surface area contributed by atoms with E-state index in [1.807, 2.05) is 25.7 Å². The molecule has 0 radical (unpaired) electrons. The van der Waals surface area contributed by atoms with Crippen LogP contribution in [0.25, 0.3) is 0 Å². The van der Waals surface area contributed by atoms with Crippen molar-refractivity contribution in [3.8, 4) is 0 Å². The fraction of sp³-hybridized carbons (Fsp3) is 0.842. The van der Waals surface area contributed by atoms with E-state index in [4.69, 9.17) is 0 Å². The largest absolute Gasteiger partial charge is 0.342 e. The summed E-state index contributed by atoms with van der Waals surface area (Å²) in [6, 6.07) is 0. The van der Waals surface area contributed by atoms with Crippen LogP contribution in [0.5, 0.6) is 0 Å². The van der Waals surface area contributed by atoms with E-state index in [9.17, 15) is 14.4 Å². The molecule has 5 nitrogen and oxygen atoms in total. The molecular formula is C19H30N2O3. The minimum atomic E-state index is -0.626. The van der Waals surface area contributed by atoms with E-state index in [2.05, 4.69) is 0 Å². The number of carbonyl (C=O) groups is 3. The zero-order valence-electron chi connectivity index (χ0n) is 15.5. The molecule has 0 spiro atoms. The van der Waals surface area contributed by atoms with Gasteiger partial charge in [0.1, 0.15) is 0 Å². The Labute approximate surface area is 144 Å². The van der Waals surface area contributed by atoms with Crippen molar-refractivity contribution < 1.29 is 14.4 Å². The Bertz CT molecular complexity index is 549. The van der Waals surface area contributed by atoms with E-state index < -0.39 is 16.2 Å². The van der Waals surface area contributed by atoms with Crippen molar-refractivity contribution in [2.45, 2.75) is 65.7 Å². The van der Waals surface area contributed by atoms with Gasteiger partial charge < -0.3 is 4.90 Å². The van der Waals surface area contributed by atoms with Crippen LogP contribution in [0.4, 0.5) is 0 Å². The fourth-order valence-electron chi connectivity index (χ4n) is 5.78. The van der Waals surface area contributed by atoms with Gasteiger partial charge in [-0.25, -0.2) is 0 Å². The third-order valence-electron chi connectivity index (χ3n) is 6.39. The SMILES string of the molecule is CN1C(=O)C2(C)CC(C)(C(=O)N3CCCCCC3)CC(C)(C2)C1=O. The van der Waals surface area contributed by atoms with Crippen molar-refractivity contribution in [3.05, 3.63) is 0 Å². The normalized spacial score (nSPS) is 40.5. The topological polar surface area (TPSA) is 57.7 Å². The Hall–Kier alpha value is -1.39. The average Bonchev–Trinajstić information content (AvgIpc) is 2.78. The average molecular weight is 334 g/mol. The molecular weight excluding hydrogens is 304 g/mol. The summed E-state index contributed by atoms with van der Waals surface area (Å²) in [6.45, 7) is 7.46. The third kappa shape index (κ3) is 2.56. The number of imide groups is 1. The Kier molecular flexibility index (Phi) is 4.04. The van der Waals surface area contributed by atoms with Crippen molar-refractivity contribution in [2.24, 2.45) is 16.2 Å². The van der Waals surface area contributed by atoms with Crippen LogP contribution >= 0.6 is 0 Å². The Morgan fingerprint density at radius 2 is 1.29 bits per heavy atom. The lowest BCUT2D eigenvalue weighted by atomic mass is 9.51. The lowest BCUT2D eigenvalue weighted by molar-refractivity contribution is -0.180. The maximum absolute atomic E-state index is 13.3. The molecule has 2 saturated heterocycles. The molecule has 3 fully saturated rings. The highest BCUT2D eigenvalue weighted by Gasteiger charge is 2.62. The quantitative estimate of drug-likeness (QED) is 0.693. The number of fused-ring (bicyclic) bond motifs is 2. The fourth-order valence-corrected chi connectivity index (χ4v) is 5.78. The smallest absolute Gasteiger partial charge is 0.234 e. The van der Waals surface area contributed by atoms with Crippen LogP contribution in [0.15, 0.2) is 0 Å². The first-order chi connectivity index (χ1) is 11.1. The van der Waals surface area contributed by atoms with Gasteiger partial charge in [-0.05, 0) is 32.1 Å². The summed E-state index contributed by atoms with van der Waals surface area (Å²) in [5.74, 6) is -0.106. The van der Waals surface area contributed by atoms with Crippen molar-refractivity contribution in [1.29, 1.82) is 0 Å². The molecule has 0 aromatic carbocycles. The minimum absolute atomic E-state index is 0.125. The van der Waals surface area contributed by atoms with E-state index in [0.717, 1.165) is 25.9 Å². The molecule has 2 aliphatic heterocycles. The Morgan fingerprint density at radius 3 is 1.75 bits per heavy atom. The predicted octanol–water partition coefficient (Wildman–Crippen LogP) is 2.59. The zero-order valence-corrected chi connectivity index (χ0v) is 15.5. The summed E-state index contributed by atoms with van der Waals surface area (Å²) in [5, 5.41) is 0. The molecule has 3 amide bonds. The Balaban J connectivity index is 1.92. The predicted molar refractivity (Wildman–Crippen MR) is 91.0 cm³/mol. The van der Waals surface area contributed by atoms with Crippen LogP contribution in [0.3, 0.4) is 0 Å². The first kappa shape index (κ1) is 17.4. The van der Waals surface area contributed by atoms with Gasteiger partial charge >= 0.3 is 0 Å². The van der Waals surface area contributed by atoms with Crippen LogP contribution in [-0.2, 0) is 14.4 Å². The lowest BCUT2D eigenvalue weighted by Crippen LogP contribution is -2.64. The van der Waals surface area contributed by atoms with E-state index in [1.54, 1.807) is 7.05 Å². The Morgan fingerprint density at radius 1 is 0.833 bits per heavy atom. The maximum Gasteiger partial charge on any atom is 0.234 e. The van der Waals surface area contributed by atoms with Crippen LogP contribution in [0, 0.1) is 16.2 Å². The molecule has 5 heteroatoms. The van der Waals surface area contributed by atoms with Crippen LogP contribution in [0.2, 0.25) is 0 Å². The lowest BCUT2D eigenvalue weighted by Gasteiger charge is -2.56. The monoisotopic (exact) mass is 334 g/mol. The number of piperidine rings is 1. The van der Waals surface area contributed by atoms with E-state index in [1.165, 1.54) is 17.7 Å². The molecule has 3 rings (SSSR count). The number of carbonyl (C=O) groups excluding carboxylic acids is 3. The highest BCUT2D eigenvalue weighted by atomic mass is 16.2. The van der Waals surface area contributed by atoms with Crippen molar-refractivity contribution in [1.82, 2.24) is 9.80 Å². The molecule has 2 bridgehead atoms. The first-order valence-corrected chi connectivity index (χ1v) is 9.23. The third-order valence-corrected chi connectivity index (χ3v) is 6.39. The molecule has 2 unspecified atom stereocenters. The van der Waals surface area contributed by atoms with Crippen molar-refractivity contribution >= 4 is 17.7 Å². The second-order valence-corrected chi connectivity index (χ2v) is 9.09. The second kappa shape index (κ2) is 5.57. The molecule has 0 aromatic rings. The van der Waals surface area contributed by atoms with Gasteiger partial charge in [0, 0.05) is 36.4 Å². The molecule has 2 atom stereocenters. The molecule has 134 valence electrons. The summed E-state index contributed by atoms with van der Waals surface area (Å²) in [7, 11) is 1.58. The van der Waals surface area contributed by atoms with Gasteiger partial charge in [0.25, 0.3) is 0 Å². The van der Waals surface area contributed by atoms with Gasteiger partial charge in [-0.3, -0.25) is 19.3 Å². The number of rotatable bonds is 1. The molecule has 1 aliphatic carbocycles. The van der Waals surface area contributed by atoms with Crippen LogP contribution < -0.4 is 0 Å². The summed E-state index contributed by atoms with van der Waals surface area (Å²) in [6.07, 6.45) is 6.11.